The SMILES string of the molecule is CCC(=O)CC.O=C(CBr)c1ccccc1. The summed E-state index contributed by atoms with van der Waals surface area (Å²) in [6, 6.07) is 9.23. The number of halogens is 1. The zero-order valence-electron chi connectivity index (χ0n) is 9.70. The molecule has 0 heterocycles. The molecule has 0 aliphatic rings. The summed E-state index contributed by atoms with van der Waals surface area (Å²) in [7, 11) is 0. The number of ketones is 2. The maximum Gasteiger partial charge on any atom is 0.173 e. The van der Waals surface area contributed by atoms with Gasteiger partial charge in [0.05, 0.1) is 5.33 Å². The van der Waals surface area contributed by atoms with Crippen molar-refractivity contribution in [3.8, 4) is 0 Å². The van der Waals surface area contributed by atoms with Gasteiger partial charge in [-0.1, -0.05) is 60.1 Å². The monoisotopic (exact) mass is 284 g/mol. The van der Waals surface area contributed by atoms with Crippen LogP contribution >= 0.6 is 15.9 Å². The minimum atomic E-state index is 0.126. The summed E-state index contributed by atoms with van der Waals surface area (Å²) in [5.41, 5.74) is 0.763. The van der Waals surface area contributed by atoms with E-state index in [4.69, 9.17) is 0 Å². The molecule has 0 saturated heterocycles. The molecule has 0 radical (unpaired) electrons. The van der Waals surface area contributed by atoms with Gasteiger partial charge in [-0.15, -0.1) is 0 Å². The van der Waals surface area contributed by atoms with Gasteiger partial charge in [0.1, 0.15) is 5.78 Å². The first kappa shape index (κ1) is 15.0. The van der Waals surface area contributed by atoms with Gasteiger partial charge in [0.25, 0.3) is 0 Å². The highest BCUT2D eigenvalue weighted by atomic mass is 79.9. The Bertz CT molecular complexity index is 314. The third-order valence-corrected chi connectivity index (χ3v) is 2.52. The standard InChI is InChI=1S/C8H7BrO.C5H10O/c9-6-8(10)7-4-2-1-3-5-7;1-3-5(6)4-2/h1-5H,6H2;3-4H2,1-2H3. The molecule has 0 aliphatic carbocycles. The lowest BCUT2D eigenvalue weighted by molar-refractivity contribution is -0.118. The highest BCUT2D eigenvalue weighted by Gasteiger charge is 1.99. The van der Waals surface area contributed by atoms with E-state index < -0.39 is 0 Å². The average Bonchev–Trinajstić information content (AvgIpc) is 2.38. The second-order valence-electron chi connectivity index (χ2n) is 3.17. The Kier molecular flexibility index (Phi) is 8.72. The molecule has 0 unspecified atom stereocenters. The maximum atomic E-state index is 11.0. The van der Waals surface area contributed by atoms with Crippen molar-refractivity contribution in [2.75, 3.05) is 5.33 Å². The van der Waals surface area contributed by atoms with E-state index >= 15 is 0 Å². The molecule has 1 rings (SSSR count). The van der Waals surface area contributed by atoms with E-state index in [0.29, 0.717) is 24.0 Å². The Labute approximate surface area is 105 Å². The van der Waals surface area contributed by atoms with Crippen LogP contribution in [0.2, 0.25) is 0 Å². The van der Waals surface area contributed by atoms with E-state index in [1.54, 1.807) is 0 Å². The summed E-state index contributed by atoms with van der Waals surface area (Å²) in [5, 5.41) is 0.400. The summed E-state index contributed by atoms with van der Waals surface area (Å²) in [6.07, 6.45) is 1.38. The van der Waals surface area contributed by atoms with Crippen LogP contribution in [0, 0.1) is 0 Å². The van der Waals surface area contributed by atoms with Gasteiger partial charge in [0, 0.05) is 18.4 Å². The third kappa shape index (κ3) is 6.51. The van der Waals surface area contributed by atoms with Gasteiger partial charge >= 0.3 is 0 Å². The van der Waals surface area contributed by atoms with Crippen LogP contribution in [0.25, 0.3) is 0 Å². The van der Waals surface area contributed by atoms with E-state index in [2.05, 4.69) is 15.9 Å². The van der Waals surface area contributed by atoms with Gasteiger partial charge in [-0.3, -0.25) is 9.59 Å². The van der Waals surface area contributed by atoms with Crippen molar-refractivity contribution in [1.82, 2.24) is 0 Å². The molecule has 0 amide bonds. The quantitative estimate of drug-likeness (QED) is 0.625. The van der Waals surface area contributed by atoms with Gasteiger partial charge in [-0.05, 0) is 0 Å². The lowest BCUT2D eigenvalue weighted by atomic mass is 10.2. The molecule has 1 aromatic carbocycles. The average molecular weight is 285 g/mol. The highest BCUT2D eigenvalue weighted by molar-refractivity contribution is 9.09. The summed E-state index contributed by atoms with van der Waals surface area (Å²) in [6.45, 7) is 3.76. The van der Waals surface area contributed by atoms with Crippen LogP contribution in [0.15, 0.2) is 30.3 Å². The summed E-state index contributed by atoms with van der Waals surface area (Å²) < 4.78 is 0. The van der Waals surface area contributed by atoms with Crippen molar-refractivity contribution >= 4 is 27.5 Å². The van der Waals surface area contributed by atoms with Crippen LogP contribution in [-0.2, 0) is 4.79 Å². The van der Waals surface area contributed by atoms with Gasteiger partial charge in [0.2, 0.25) is 0 Å². The first-order valence-electron chi connectivity index (χ1n) is 5.31. The van der Waals surface area contributed by atoms with E-state index in [1.807, 2.05) is 44.2 Å². The number of carbonyl (C=O) groups is 2. The fourth-order valence-electron chi connectivity index (χ4n) is 0.951. The zero-order chi connectivity index (χ0) is 12.4. The Balaban J connectivity index is 0.000000325. The Hall–Kier alpha value is -0.960. The molecular formula is C13H17BrO2. The smallest absolute Gasteiger partial charge is 0.173 e. The highest BCUT2D eigenvalue weighted by Crippen LogP contribution is 2.01. The minimum absolute atomic E-state index is 0.126. The molecule has 0 atom stereocenters. The topological polar surface area (TPSA) is 34.1 Å². The van der Waals surface area contributed by atoms with E-state index in [1.165, 1.54) is 0 Å². The first-order valence-corrected chi connectivity index (χ1v) is 6.43. The number of alkyl halides is 1. The fraction of sp³-hybridized carbons (Fsp3) is 0.385. The van der Waals surface area contributed by atoms with Crippen LogP contribution in [0.3, 0.4) is 0 Å². The largest absolute Gasteiger partial charge is 0.300 e. The number of rotatable bonds is 4. The Morgan fingerprint density at radius 2 is 1.56 bits per heavy atom. The van der Waals surface area contributed by atoms with Crippen LogP contribution in [-0.4, -0.2) is 16.9 Å². The fourth-order valence-corrected chi connectivity index (χ4v) is 1.27. The van der Waals surface area contributed by atoms with Crippen LogP contribution in [0.5, 0.6) is 0 Å². The Morgan fingerprint density at radius 3 is 1.88 bits per heavy atom. The first-order chi connectivity index (χ1) is 7.65. The molecule has 0 spiro atoms. The molecule has 1 aromatic rings. The molecule has 0 saturated carbocycles. The third-order valence-electron chi connectivity index (χ3n) is 2.01. The van der Waals surface area contributed by atoms with E-state index in [-0.39, 0.29) is 5.78 Å². The van der Waals surface area contributed by atoms with Gasteiger partial charge in [0.15, 0.2) is 5.78 Å². The zero-order valence-corrected chi connectivity index (χ0v) is 11.3. The maximum absolute atomic E-state index is 11.0. The number of hydrogen-bond donors (Lipinski definition) is 0. The molecule has 16 heavy (non-hydrogen) atoms. The van der Waals surface area contributed by atoms with Gasteiger partial charge in [-0.25, -0.2) is 0 Å². The molecule has 2 nitrogen and oxygen atoms in total. The molecule has 0 bridgehead atoms. The molecule has 88 valence electrons. The van der Waals surface area contributed by atoms with Crippen LogP contribution < -0.4 is 0 Å². The number of benzene rings is 1. The van der Waals surface area contributed by atoms with E-state index in [0.717, 1.165) is 5.56 Å². The number of carbonyl (C=O) groups excluding carboxylic acids is 2. The van der Waals surface area contributed by atoms with Crippen molar-refractivity contribution in [2.45, 2.75) is 26.7 Å². The van der Waals surface area contributed by atoms with Crippen LogP contribution in [0.4, 0.5) is 0 Å². The predicted molar refractivity (Wildman–Crippen MR) is 70.2 cm³/mol. The lowest BCUT2D eigenvalue weighted by Crippen LogP contribution is -1.98. The van der Waals surface area contributed by atoms with Crippen molar-refractivity contribution in [3.63, 3.8) is 0 Å². The molecule has 0 aromatic heterocycles. The number of Topliss-reactive ketones (excluding diaryl/α,β-unsaturated/α-hetero) is 2. The summed E-state index contributed by atoms with van der Waals surface area (Å²) in [4.78, 5) is 21.1. The number of hydrogen-bond acceptors (Lipinski definition) is 2. The summed E-state index contributed by atoms with van der Waals surface area (Å²) in [5.74, 6) is 0.468. The summed E-state index contributed by atoms with van der Waals surface area (Å²) >= 11 is 3.10. The van der Waals surface area contributed by atoms with Crippen LogP contribution in [0.1, 0.15) is 37.0 Å². The lowest BCUT2D eigenvalue weighted by Gasteiger charge is -1.92. The van der Waals surface area contributed by atoms with Crippen molar-refractivity contribution in [3.05, 3.63) is 35.9 Å². The Morgan fingerprint density at radius 1 is 1.06 bits per heavy atom. The second kappa shape index (κ2) is 9.28. The second-order valence-corrected chi connectivity index (χ2v) is 3.73. The molecular weight excluding hydrogens is 268 g/mol. The minimum Gasteiger partial charge on any atom is -0.300 e. The molecule has 0 aliphatic heterocycles. The molecule has 0 fully saturated rings. The molecule has 3 heteroatoms. The van der Waals surface area contributed by atoms with Crippen molar-refractivity contribution in [1.29, 1.82) is 0 Å². The van der Waals surface area contributed by atoms with E-state index in [9.17, 15) is 9.59 Å². The van der Waals surface area contributed by atoms with Gasteiger partial charge < -0.3 is 0 Å². The van der Waals surface area contributed by atoms with Crippen molar-refractivity contribution < 1.29 is 9.59 Å². The predicted octanol–water partition coefficient (Wildman–Crippen LogP) is 3.64. The van der Waals surface area contributed by atoms with Gasteiger partial charge in [-0.2, -0.15) is 0 Å². The molecule has 0 N–H and O–H groups in total. The van der Waals surface area contributed by atoms with Crippen molar-refractivity contribution in [2.24, 2.45) is 0 Å². The normalized spacial score (nSPS) is 8.94.